The Morgan fingerprint density at radius 2 is 1.59 bits per heavy atom. The highest BCUT2D eigenvalue weighted by molar-refractivity contribution is 5.93. The lowest BCUT2D eigenvalue weighted by atomic mass is 9.85. The Kier molecular flexibility index (Phi) is 3.95. The van der Waals surface area contributed by atoms with Gasteiger partial charge in [0, 0.05) is 29.2 Å². The summed E-state index contributed by atoms with van der Waals surface area (Å²) in [6.45, 7) is 0. The number of benzene rings is 3. The van der Waals surface area contributed by atoms with E-state index in [1.807, 2.05) is 60.7 Å². The van der Waals surface area contributed by atoms with Gasteiger partial charge in [-0.25, -0.2) is 0 Å². The quantitative estimate of drug-likeness (QED) is 0.404. The second kappa shape index (κ2) is 6.63. The van der Waals surface area contributed by atoms with E-state index >= 15 is 0 Å². The van der Waals surface area contributed by atoms with Crippen LogP contribution >= 0.6 is 0 Å². The van der Waals surface area contributed by atoms with Crippen LogP contribution in [0.3, 0.4) is 0 Å². The molecule has 1 N–H and O–H groups in total. The fourth-order valence-electron chi connectivity index (χ4n) is 3.87. The first kappa shape index (κ1) is 17.3. The summed E-state index contributed by atoms with van der Waals surface area (Å²) in [6, 6.07) is 21.5. The van der Waals surface area contributed by atoms with Crippen molar-refractivity contribution in [1.29, 1.82) is 0 Å². The number of fused-ring (bicyclic) bond motifs is 3. The van der Waals surface area contributed by atoms with Crippen LogP contribution in [0.1, 0.15) is 23.5 Å². The molecule has 0 radical (unpaired) electrons. The maximum Gasteiger partial charge on any atom is 0.312 e. The van der Waals surface area contributed by atoms with E-state index < -0.39 is 5.97 Å². The minimum Gasteiger partial charge on any atom is -0.507 e. The standard InChI is InChI=1S/C24H16O5/c25-17-12-19(15-9-5-2-6-10-15)29-24-22-16(14-7-3-1-4-8-14)11-21(27)28-20(22)13-18(26)23(17)24/h1-10,12-13,16,26H,11H2/t16-/m0/s1. The van der Waals surface area contributed by atoms with E-state index in [2.05, 4.69) is 0 Å². The maximum absolute atomic E-state index is 12.9. The average Bonchev–Trinajstić information content (AvgIpc) is 2.73. The molecule has 3 aromatic carbocycles. The lowest BCUT2D eigenvalue weighted by Gasteiger charge is -2.26. The van der Waals surface area contributed by atoms with Crippen molar-refractivity contribution in [3.05, 3.63) is 94.1 Å². The summed E-state index contributed by atoms with van der Waals surface area (Å²) < 4.78 is 11.5. The van der Waals surface area contributed by atoms with Crippen molar-refractivity contribution in [3.63, 3.8) is 0 Å². The number of phenols is 1. The second-order valence-corrected chi connectivity index (χ2v) is 6.99. The zero-order valence-corrected chi connectivity index (χ0v) is 15.3. The van der Waals surface area contributed by atoms with Gasteiger partial charge in [-0.05, 0) is 5.56 Å². The molecule has 0 bridgehead atoms. The molecule has 5 nitrogen and oxygen atoms in total. The summed E-state index contributed by atoms with van der Waals surface area (Å²) in [5.74, 6) is -0.405. The van der Waals surface area contributed by atoms with Crippen LogP contribution in [-0.4, -0.2) is 11.1 Å². The van der Waals surface area contributed by atoms with Gasteiger partial charge in [0.15, 0.2) is 5.43 Å². The van der Waals surface area contributed by atoms with Crippen molar-refractivity contribution in [2.45, 2.75) is 12.3 Å². The molecule has 142 valence electrons. The van der Waals surface area contributed by atoms with Crippen LogP contribution < -0.4 is 10.2 Å². The average molecular weight is 384 g/mol. The van der Waals surface area contributed by atoms with Crippen LogP contribution in [-0.2, 0) is 4.79 Å². The van der Waals surface area contributed by atoms with Crippen molar-refractivity contribution < 1.29 is 19.1 Å². The Labute approximate surface area is 165 Å². The van der Waals surface area contributed by atoms with Gasteiger partial charge in [-0.2, -0.15) is 0 Å². The Morgan fingerprint density at radius 3 is 2.31 bits per heavy atom. The number of esters is 1. The topological polar surface area (TPSA) is 76.7 Å². The summed E-state index contributed by atoms with van der Waals surface area (Å²) in [4.78, 5) is 25.1. The number of carbonyl (C=O) groups is 1. The molecule has 1 aliphatic heterocycles. The molecular formula is C24H16O5. The Hall–Kier alpha value is -3.86. The van der Waals surface area contributed by atoms with Gasteiger partial charge in [-0.1, -0.05) is 60.7 Å². The summed E-state index contributed by atoms with van der Waals surface area (Å²) in [6.07, 6.45) is 0.121. The van der Waals surface area contributed by atoms with Gasteiger partial charge in [-0.15, -0.1) is 0 Å². The fraction of sp³-hybridized carbons (Fsp3) is 0.0833. The van der Waals surface area contributed by atoms with E-state index in [0.717, 1.165) is 11.1 Å². The van der Waals surface area contributed by atoms with Crippen LogP contribution in [0.15, 0.2) is 82.0 Å². The molecule has 1 atom stereocenters. The second-order valence-electron chi connectivity index (χ2n) is 6.99. The Balaban J connectivity index is 1.85. The largest absolute Gasteiger partial charge is 0.507 e. The molecule has 0 unspecified atom stereocenters. The zero-order valence-electron chi connectivity index (χ0n) is 15.3. The molecular weight excluding hydrogens is 368 g/mol. The van der Waals surface area contributed by atoms with E-state index in [4.69, 9.17) is 9.15 Å². The predicted molar refractivity (Wildman–Crippen MR) is 108 cm³/mol. The van der Waals surface area contributed by atoms with Crippen LogP contribution in [0.2, 0.25) is 0 Å². The number of phenolic OH excluding ortho intramolecular Hbond substituents is 1. The van der Waals surface area contributed by atoms with Gasteiger partial charge in [-0.3, -0.25) is 9.59 Å². The molecule has 0 saturated heterocycles. The molecule has 5 rings (SSSR count). The van der Waals surface area contributed by atoms with Gasteiger partial charge < -0.3 is 14.3 Å². The highest BCUT2D eigenvalue weighted by Gasteiger charge is 2.33. The highest BCUT2D eigenvalue weighted by atomic mass is 16.5. The van der Waals surface area contributed by atoms with Gasteiger partial charge in [0.2, 0.25) is 0 Å². The highest BCUT2D eigenvalue weighted by Crippen LogP contribution is 2.45. The SMILES string of the molecule is O=C1C[C@@H](c2ccccc2)c2c(cc(O)c3c(=O)cc(-c4ccccc4)oc23)O1. The van der Waals surface area contributed by atoms with Gasteiger partial charge in [0.1, 0.15) is 28.2 Å². The number of carbonyl (C=O) groups excluding carboxylic acids is 1. The molecule has 1 aliphatic rings. The predicted octanol–water partition coefficient (Wildman–Crippen LogP) is 4.61. The molecule has 1 aromatic heterocycles. The monoisotopic (exact) mass is 384 g/mol. The van der Waals surface area contributed by atoms with Crippen molar-refractivity contribution in [2.24, 2.45) is 0 Å². The smallest absolute Gasteiger partial charge is 0.312 e. The van der Waals surface area contributed by atoms with Crippen molar-refractivity contribution in [3.8, 4) is 22.8 Å². The van der Waals surface area contributed by atoms with Gasteiger partial charge in [0.25, 0.3) is 0 Å². The number of ether oxygens (including phenoxy) is 1. The molecule has 0 spiro atoms. The van der Waals surface area contributed by atoms with Crippen molar-refractivity contribution in [2.75, 3.05) is 0 Å². The van der Waals surface area contributed by atoms with Crippen molar-refractivity contribution >= 4 is 16.9 Å². The molecule has 0 saturated carbocycles. The van der Waals surface area contributed by atoms with Crippen molar-refractivity contribution in [1.82, 2.24) is 0 Å². The third kappa shape index (κ3) is 2.88. The van der Waals surface area contributed by atoms with E-state index in [1.54, 1.807) is 0 Å². The molecule has 0 aliphatic carbocycles. The van der Waals surface area contributed by atoms with E-state index in [-0.39, 0.29) is 40.2 Å². The lowest BCUT2D eigenvalue weighted by molar-refractivity contribution is -0.135. The third-order valence-corrected chi connectivity index (χ3v) is 5.18. The molecule has 4 aromatic rings. The van der Waals surface area contributed by atoms with Crippen LogP contribution in [0.5, 0.6) is 11.5 Å². The zero-order chi connectivity index (χ0) is 20.0. The number of rotatable bonds is 2. The minimum atomic E-state index is -0.397. The molecule has 29 heavy (non-hydrogen) atoms. The molecule has 0 amide bonds. The van der Waals surface area contributed by atoms with E-state index in [1.165, 1.54) is 12.1 Å². The molecule has 5 heteroatoms. The summed E-state index contributed by atoms with van der Waals surface area (Å²) in [7, 11) is 0. The summed E-state index contributed by atoms with van der Waals surface area (Å²) >= 11 is 0. The maximum atomic E-state index is 12.9. The van der Waals surface area contributed by atoms with Crippen LogP contribution in [0, 0.1) is 0 Å². The molecule has 0 fully saturated rings. The number of aromatic hydroxyl groups is 1. The van der Waals surface area contributed by atoms with Gasteiger partial charge >= 0.3 is 5.97 Å². The minimum absolute atomic E-state index is 0.0855. The first-order valence-electron chi connectivity index (χ1n) is 9.26. The summed E-state index contributed by atoms with van der Waals surface area (Å²) in [5.41, 5.74) is 2.14. The number of hydrogen-bond acceptors (Lipinski definition) is 5. The lowest BCUT2D eigenvalue weighted by Crippen LogP contribution is -2.22. The molecule has 2 heterocycles. The van der Waals surface area contributed by atoms with E-state index in [9.17, 15) is 14.7 Å². The van der Waals surface area contributed by atoms with E-state index in [0.29, 0.717) is 11.3 Å². The third-order valence-electron chi connectivity index (χ3n) is 5.18. The van der Waals surface area contributed by atoms with Crippen LogP contribution in [0.25, 0.3) is 22.3 Å². The normalized spacial score (nSPS) is 15.7. The number of hydrogen-bond donors (Lipinski definition) is 1. The Bertz CT molecular complexity index is 1290. The first-order chi connectivity index (χ1) is 14.1. The van der Waals surface area contributed by atoms with Crippen LogP contribution in [0.4, 0.5) is 0 Å². The summed E-state index contributed by atoms with van der Waals surface area (Å²) in [5, 5.41) is 10.5. The van der Waals surface area contributed by atoms with Gasteiger partial charge in [0.05, 0.1) is 6.42 Å². The fourth-order valence-corrected chi connectivity index (χ4v) is 3.87. The Morgan fingerprint density at radius 1 is 0.897 bits per heavy atom. The first-order valence-corrected chi connectivity index (χ1v) is 9.26.